The van der Waals surface area contributed by atoms with Crippen LogP contribution in [-0.2, 0) is 0 Å². The van der Waals surface area contributed by atoms with Gasteiger partial charge in [0.25, 0.3) is 0 Å². The summed E-state index contributed by atoms with van der Waals surface area (Å²) in [7, 11) is 0. The van der Waals surface area contributed by atoms with Gasteiger partial charge in [-0.15, -0.1) is 0 Å². The average Bonchev–Trinajstić information content (AvgIpc) is 2.70. The largest absolute Gasteiger partial charge is 0.383 e. The summed E-state index contributed by atoms with van der Waals surface area (Å²) in [5.41, 5.74) is 2.32. The second-order valence-corrected chi connectivity index (χ2v) is 5.02. The Labute approximate surface area is 110 Å². The van der Waals surface area contributed by atoms with Crippen LogP contribution >= 0.6 is 15.9 Å². The molecule has 0 bridgehead atoms. The van der Waals surface area contributed by atoms with Gasteiger partial charge in [0, 0.05) is 36.3 Å². The van der Waals surface area contributed by atoms with Crippen LogP contribution in [0.2, 0.25) is 0 Å². The van der Waals surface area contributed by atoms with E-state index in [-0.39, 0.29) is 6.03 Å². The summed E-state index contributed by atoms with van der Waals surface area (Å²) < 4.78 is 1.06. The van der Waals surface area contributed by atoms with E-state index in [2.05, 4.69) is 45.6 Å². The van der Waals surface area contributed by atoms with Gasteiger partial charge in [0.1, 0.15) is 0 Å². The Balaban J connectivity index is 1.85. The van der Waals surface area contributed by atoms with Crippen molar-refractivity contribution >= 4 is 27.6 Å². The fourth-order valence-electron chi connectivity index (χ4n) is 1.83. The molecule has 0 atom stereocenters. The molecule has 0 unspecified atom stereocenters. The highest BCUT2D eigenvalue weighted by Crippen LogP contribution is 2.20. The highest BCUT2D eigenvalue weighted by atomic mass is 79.9. The lowest BCUT2D eigenvalue weighted by Crippen LogP contribution is -2.32. The van der Waals surface area contributed by atoms with Crippen molar-refractivity contribution in [2.24, 2.45) is 0 Å². The van der Waals surface area contributed by atoms with E-state index in [0.29, 0.717) is 0 Å². The molecular weight excluding hydrogens is 282 g/mol. The van der Waals surface area contributed by atoms with E-state index in [1.807, 2.05) is 11.0 Å². The highest BCUT2D eigenvalue weighted by Gasteiger charge is 2.18. The first kappa shape index (κ1) is 12.2. The lowest BCUT2D eigenvalue weighted by Gasteiger charge is -2.16. The van der Waals surface area contributed by atoms with Crippen LogP contribution in [0, 0.1) is 6.92 Å². The van der Waals surface area contributed by atoms with Crippen molar-refractivity contribution in [2.45, 2.75) is 6.92 Å². The standard InChI is InChI=1S/C12H16BrN3O/c1-9-2-3-10(13)8-11(9)14-4-6-16-7-5-15-12(16)17/h2-3,8,14H,4-7H2,1H3,(H,15,17). The molecule has 0 aromatic heterocycles. The predicted molar refractivity (Wildman–Crippen MR) is 72.3 cm³/mol. The first-order valence-electron chi connectivity index (χ1n) is 5.69. The smallest absolute Gasteiger partial charge is 0.317 e. The number of hydrogen-bond donors (Lipinski definition) is 2. The Morgan fingerprint density at radius 1 is 1.53 bits per heavy atom. The second kappa shape index (κ2) is 5.40. The van der Waals surface area contributed by atoms with Crippen molar-refractivity contribution in [3.8, 4) is 0 Å². The minimum Gasteiger partial charge on any atom is -0.383 e. The lowest BCUT2D eigenvalue weighted by molar-refractivity contribution is 0.219. The molecule has 0 aliphatic carbocycles. The molecule has 0 spiro atoms. The quantitative estimate of drug-likeness (QED) is 0.895. The van der Waals surface area contributed by atoms with E-state index in [1.165, 1.54) is 5.56 Å². The zero-order valence-electron chi connectivity index (χ0n) is 9.79. The number of nitrogens with zero attached hydrogens (tertiary/aromatic N) is 1. The van der Waals surface area contributed by atoms with Crippen molar-refractivity contribution < 1.29 is 4.79 Å². The summed E-state index contributed by atoms with van der Waals surface area (Å²) in [5, 5.41) is 6.14. The molecule has 2 amide bonds. The van der Waals surface area contributed by atoms with Crippen LogP contribution in [0.3, 0.4) is 0 Å². The maximum Gasteiger partial charge on any atom is 0.317 e. The molecule has 17 heavy (non-hydrogen) atoms. The van der Waals surface area contributed by atoms with Crippen LogP contribution in [0.4, 0.5) is 10.5 Å². The normalized spacial score (nSPS) is 14.9. The van der Waals surface area contributed by atoms with Crippen LogP contribution in [0.15, 0.2) is 22.7 Å². The van der Waals surface area contributed by atoms with Gasteiger partial charge in [0.2, 0.25) is 0 Å². The summed E-state index contributed by atoms with van der Waals surface area (Å²) in [6, 6.07) is 6.18. The van der Waals surface area contributed by atoms with E-state index in [0.717, 1.165) is 36.3 Å². The molecule has 2 rings (SSSR count). The average molecular weight is 298 g/mol. The molecule has 1 aliphatic heterocycles. The Bertz CT molecular complexity index is 422. The topological polar surface area (TPSA) is 44.4 Å². The first-order valence-corrected chi connectivity index (χ1v) is 6.49. The third-order valence-electron chi connectivity index (χ3n) is 2.84. The molecule has 2 N–H and O–H groups in total. The number of anilines is 1. The third-order valence-corrected chi connectivity index (χ3v) is 3.34. The third kappa shape index (κ3) is 3.12. The molecular formula is C12H16BrN3O. The number of amides is 2. The van der Waals surface area contributed by atoms with Gasteiger partial charge >= 0.3 is 6.03 Å². The van der Waals surface area contributed by atoms with E-state index >= 15 is 0 Å². The minimum atomic E-state index is 0.0396. The van der Waals surface area contributed by atoms with Crippen LogP contribution in [-0.4, -0.2) is 37.1 Å². The first-order chi connectivity index (χ1) is 8.16. The van der Waals surface area contributed by atoms with Gasteiger partial charge < -0.3 is 15.5 Å². The molecule has 0 radical (unpaired) electrons. The minimum absolute atomic E-state index is 0.0396. The van der Waals surface area contributed by atoms with Crippen molar-refractivity contribution in [1.82, 2.24) is 10.2 Å². The van der Waals surface area contributed by atoms with Gasteiger partial charge in [-0.25, -0.2) is 4.79 Å². The maximum absolute atomic E-state index is 11.3. The van der Waals surface area contributed by atoms with Crippen LogP contribution < -0.4 is 10.6 Å². The van der Waals surface area contributed by atoms with Crippen molar-refractivity contribution in [1.29, 1.82) is 0 Å². The molecule has 0 saturated carbocycles. The number of urea groups is 1. The number of carbonyl (C=O) groups excluding carboxylic acids is 1. The number of rotatable bonds is 4. The SMILES string of the molecule is Cc1ccc(Br)cc1NCCN1CCNC1=O. The number of benzene rings is 1. The maximum atomic E-state index is 11.3. The van der Waals surface area contributed by atoms with E-state index in [4.69, 9.17) is 0 Å². The fraction of sp³-hybridized carbons (Fsp3) is 0.417. The second-order valence-electron chi connectivity index (χ2n) is 4.10. The van der Waals surface area contributed by atoms with Crippen LogP contribution in [0.5, 0.6) is 0 Å². The Morgan fingerprint density at radius 3 is 3.06 bits per heavy atom. The molecule has 1 saturated heterocycles. The Hall–Kier alpha value is -1.23. The molecule has 1 aliphatic rings. The van der Waals surface area contributed by atoms with Crippen LogP contribution in [0.25, 0.3) is 0 Å². The van der Waals surface area contributed by atoms with E-state index < -0.39 is 0 Å². The van der Waals surface area contributed by atoms with E-state index in [9.17, 15) is 4.79 Å². The Kier molecular flexibility index (Phi) is 3.89. The molecule has 1 heterocycles. The summed E-state index contributed by atoms with van der Waals surface area (Å²) >= 11 is 3.45. The molecule has 1 aromatic carbocycles. The van der Waals surface area contributed by atoms with E-state index in [1.54, 1.807) is 0 Å². The van der Waals surface area contributed by atoms with Gasteiger partial charge in [-0.1, -0.05) is 22.0 Å². The van der Waals surface area contributed by atoms with Gasteiger partial charge in [-0.3, -0.25) is 0 Å². The fourth-order valence-corrected chi connectivity index (χ4v) is 2.20. The number of aryl methyl sites for hydroxylation is 1. The van der Waals surface area contributed by atoms with Gasteiger partial charge in [-0.05, 0) is 24.6 Å². The van der Waals surface area contributed by atoms with Crippen molar-refractivity contribution in [3.05, 3.63) is 28.2 Å². The van der Waals surface area contributed by atoms with Gasteiger partial charge in [0.05, 0.1) is 0 Å². The number of carbonyl (C=O) groups is 1. The zero-order chi connectivity index (χ0) is 12.3. The van der Waals surface area contributed by atoms with Crippen LogP contribution in [0.1, 0.15) is 5.56 Å². The summed E-state index contributed by atoms with van der Waals surface area (Å²) in [5.74, 6) is 0. The van der Waals surface area contributed by atoms with Crippen molar-refractivity contribution in [2.75, 3.05) is 31.5 Å². The molecule has 1 aromatic rings. The summed E-state index contributed by atoms with van der Waals surface area (Å²) in [4.78, 5) is 13.1. The highest BCUT2D eigenvalue weighted by molar-refractivity contribution is 9.10. The van der Waals surface area contributed by atoms with Gasteiger partial charge in [-0.2, -0.15) is 0 Å². The van der Waals surface area contributed by atoms with Crippen molar-refractivity contribution in [3.63, 3.8) is 0 Å². The summed E-state index contributed by atoms with van der Waals surface area (Å²) in [6.45, 7) is 5.13. The number of nitrogens with one attached hydrogen (secondary N) is 2. The zero-order valence-corrected chi connectivity index (χ0v) is 11.4. The lowest BCUT2D eigenvalue weighted by atomic mass is 10.2. The molecule has 92 valence electrons. The molecule has 5 heteroatoms. The Morgan fingerprint density at radius 2 is 2.35 bits per heavy atom. The molecule has 1 fully saturated rings. The number of halogens is 1. The predicted octanol–water partition coefficient (Wildman–Crippen LogP) is 2.19. The summed E-state index contributed by atoms with van der Waals surface area (Å²) in [6.07, 6.45) is 0. The monoisotopic (exact) mass is 297 g/mol. The van der Waals surface area contributed by atoms with Gasteiger partial charge in [0.15, 0.2) is 0 Å². The number of hydrogen-bond acceptors (Lipinski definition) is 2. The molecule has 4 nitrogen and oxygen atoms in total.